The normalized spacial score (nSPS) is 11.7. The van der Waals surface area contributed by atoms with Gasteiger partial charge in [-0.3, -0.25) is 0 Å². The number of halogens is 2. The molecule has 2 rings (SSSR count). The van der Waals surface area contributed by atoms with Gasteiger partial charge in [-0.1, -0.05) is 35.9 Å². The largest absolute Gasteiger partial charge is 0.494 e. The van der Waals surface area contributed by atoms with Crippen LogP contribution >= 0.6 is 11.6 Å². The molecule has 0 saturated heterocycles. The zero-order chi connectivity index (χ0) is 15.1. The van der Waals surface area contributed by atoms with Crippen molar-refractivity contribution in [3.8, 4) is 11.8 Å². The highest BCUT2D eigenvalue weighted by atomic mass is 35.5. The first-order valence-corrected chi connectivity index (χ1v) is 7.11. The zero-order valence-corrected chi connectivity index (χ0v) is 12.2. The van der Waals surface area contributed by atoms with Crippen LogP contribution in [0.15, 0.2) is 48.5 Å². The van der Waals surface area contributed by atoms with E-state index in [-0.39, 0.29) is 5.82 Å². The van der Waals surface area contributed by atoms with E-state index in [0.29, 0.717) is 35.8 Å². The number of benzene rings is 2. The standard InChI is InChI=1S/C17H15ClFNO/c18-14-6-3-7-15(11-14)21-10-4-5-13(12-20)16-8-1-2-9-17(16)19/h1-3,6-9,11,13H,4-5,10H2. The molecule has 0 spiro atoms. The molecular formula is C17H15ClFNO. The van der Waals surface area contributed by atoms with Crippen LogP contribution in [0.3, 0.4) is 0 Å². The Bertz CT molecular complexity index is 639. The molecule has 0 aliphatic rings. The fourth-order valence-electron chi connectivity index (χ4n) is 2.08. The molecule has 0 saturated carbocycles. The van der Waals surface area contributed by atoms with Crippen molar-refractivity contribution in [2.24, 2.45) is 0 Å². The van der Waals surface area contributed by atoms with E-state index in [9.17, 15) is 9.65 Å². The lowest BCUT2D eigenvalue weighted by Gasteiger charge is -2.11. The summed E-state index contributed by atoms with van der Waals surface area (Å²) in [5, 5.41) is 9.80. The van der Waals surface area contributed by atoms with E-state index in [4.69, 9.17) is 16.3 Å². The molecule has 2 nitrogen and oxygen atoms in total. The highest BCUT2D eigenvalue weighted by Crippen LogP contribution is 2.23. The summed E-state index contributed by atoms with van der Waals surface area (Å²) in [4.78, 5) is 0. The van der Waals surface area contributed by atoms with Crippen molar-refractivity contribution in [1.29, 1.82) is 5.26 Å². The van der Waals surface area contributed by atoms with E-state index in [1.54, 1.807) is 30.3 Å². The number of nitrogens with zero attached hydrogens (tertiary/aromatic N) is 1. The van der Waals surface area contributed by atoms with Gasteiger partial charge in [0, 0.05) is 10.6 Å². The molecule has 2 aromatic carbocycles. The van der Waals surface area contributed by atoms with Crippen LogP contribution in [0, 0.1) is 17.1 Å². The maximum atomic E-state index is 13.6. The summed E-state index contributed by atoms with van der Waals surface area (Å²) in [6, 6.07) is 15.7. The van der Waals surface area contributed by atoms with Crippen molar-refractivity contribution in [2.75, 3.05) is 6.61 Å². The Balaban J connectivity index is 1.85. The fraction of sp³-hybridized carbons (Fsp3) is 0.235. The third kappa shape index (κ3) is 4.47. The van der Waals surface area contributed by atoms with Crippen LogP contribution in [0.4, 0.5) is 4.39 Å². The molecule has 1 atom stereocenters. The number of rotatable bonds is 6. The predicted octanol–water partition coefficient (Wildman–Crippen LogP) is 4.95. The first-order valence-electron chi connectivity index (χ1n) is 6.73. The molecule has 0 bridgehead atoms. The molecule has 0 N–H and O–H groups in total. The molecule has 4 heteroatoms. The van der Waals surface area contributed by atoms with E-state index >= 15 is 0 Å². The molecule has 21 heavy (non-hydrogen) atoms. The number of hydrogen-bond acceptors (Lipinski definition) is 2. The van der Waals surface area contributed by atoms with Crippen LogP contribution in [0.25, 0.3) is 0 Å². The minimum Gasteiger partial charge on any atom is -0.494 e. The first kappa shape index (κ1) is 15.3. The van der Waals surface area contributed by atoms with Gasteiger partial charge in [0.15, 0.2) is 0 Å². The van der Waals surface area contributed by atoms with Crippen molar-refractivity contribution < 1.29 is 9.13 Å². The van der Waals surface area contributed by atoms with Crippen molar-refractivity contribution in [3.05, 3.63) is 64.9 Å². The first-order chi connectivity index (χ1) is 10.2. The van der Waals surface area contributed by atoms with Crippen molar-refractivity contribution >= 4 is 11.6 Å². The Morgan fingerprint density at radius 3 is 2.71 bits per heavy atom. The fourth-order valence-corrected chi connectivity index (χ4v) is 2.26. The van der Waals surface area contributed by atoms with E-state index in [0.717, 1.165) is 0 Å². The Hall–Kier alpha value is -2.05. The van der Waals surface area contributed by atoms with E-state index in [1.165, 1.54) is 6.07 Å². The maximum absolute atomic E-state index is 13.6. The summed E-state index contributed by atoms with van der Waals surface area (Å²) in [5.74, 6) is -0.0872. The molecule has 0 aliphatic heterocycles. The molecule has 2 aromatic rings. The molecule has 0 aliphatic carbocycles. The molecule has 0 aromatic heterocycles. The van der Waals surface area contributed by atoms with Gasteiger partial charge in [0.25, 0.3) is 0 Å². The Morgan fingerprint density at radius 2 is 2.00 bits per heavy atom. The second-order valence-electron chi connectivity index (χ2n) is 4.65. The minimum atomic E-state index is -0.450. The molecule has 0 heterocycles. The van der Waals surface area contributed by atoms with E-state index < -0.39 is 5.92 Å². The van der Waals surface area contributed by atoms with Gasteiger partial charge in [0.05, 0.1) is 18.6 Å². The van der Waals surface area contributed by atoms with Crippen molar-refractivity contribution in [1.82, 2.24) is 0 Å². The molecule has 0 fully saturated rings. The summed E-state index contributed by atoms with van der Waals surface area (Å²) in [7, 11) is 0. The summed E-state index contributed by atoms with van der Waals surface area (Å²) in [5.41, 5.74) is 0.447. The smallest absolute Gasteiger partial charge is 0.127 e. The third-order valence-electron chi connectivity index (χ3n) is 3.14. The summed E-state index contributed by atoms with van der Waals surface area (Å²) in [6.45, 7) is 0.465. The second-order valence-corrected chi connectivity index (χ2v) is 5.09. The molecule has 0 radical (unpaired) electrons. The zero-order valence-electron chi connectivity index (χ0n) is 11.4. The predicted molar refractivity (Wildman–Crippen MR) is 80.9 cm³/mol. The third-order valence-corrected chi connectivity index (χ3v) is 3.37. The topological polar surface area (TPSA) is 33.0 Å². The molecule has 0 amide bonds. The Kier molecular flexibility index (Phi) is 5.59. The van der Waals surface area contributed by atoms with Crippen LogP contribution in [-0.2, 0) is 0 Å². The highest BCUT2D eigenvalue weighted by Gasteiger charge is 2.14. The van der Waals surface area contributed by atoms with Crippen LogP contribution in [0.5, 0.6) is 5.75 Å². The van der Waals surface area contributed by atoms with Crippen LogP contribution < -0.4 is 4.74 Å². The molecule has 1 unspecified atom stereocenters. The Morgan fingerprint density at radius 1 is 1.19 bits per heavy atom. The van der Waals surface area contributed by atoms with Gasteiger partial charge < -0.3 is 4.74 Å². The van der Waals surface area contributed by atoms with E-state index in [1.807, 2.05) is 12.1 Å². The van der Waals surface area contributed by atoms with Gasteiger partial charge >= 0.3 is 0 Å². The molecular weight excluding hydrogens is 289 g/mol. The lowest BCUT2D eigenvalue weighted by Crippen LogP contribution is -2.03. The highest BCUT2D eigenvalue weighted by molar-refractivity contribution is 6.30. The molecule has 108 valence electrons. The number of nitriles is 1. The minimum absolute atomic E-state index is 0.334. The van der Waals surface area contributed by atoms with Gasteiger partial charge in [-0.2, -0.15) is 5.26 Å². The van der Waals surface area contributed by atoms with Crippen LogP contribution in [0.2, 0.25) is 5.02 Å². The second kappa shape index (κ2) is 7.66. The van der Waals surface area contributed by atoms with Crippen LogP contribution in [-0.4, -0.2) is 6.61 Å². The van der Waals surface area contributed by atoms with Gasteiger partial charge in [-0.05, 0) is 37.1 Å². The number of hydrogen-bond donors (Lipinski definition) is 0. The van der Waals surface area contributed by atoms with Crippen molar-refractivity contribution in [3.63, 3.8) is 0 Å². The Labute approximate surface area is 128 Å². The van der Waals surface area contributed by atoms with Gasteiger partial charge in [-0.15, -0.1) is 0 Å². The average molecular weight is 304 g/mol. The lowest BCUT2D eigenvalue weighted by molar-refractivity contribution is 0.304. The maximum Gasteiger partial charge on any atom is 0.127 e. The number of ether oxygens (including phenoxy) is 1. The monoisotopic (exact) mass is 303 g/mol. The lowest BCUT2D eigenvalue weighted by atomic mass is 9.95. The summed E-state index contributed by atoms with van der Waals surface area (Å²) in [6.07, 6.45) is 1.22. The summed E-state index contributed by atoms with van der Waals surface area (Å²) < 4.78 is 19.2. The quantitative estimate of drug-likeness (QED) is 0.708. The van der Waals surface area contributed by atoms with Gasteiger partial charge in [0.2, 0.25) is 0 Å². The van der Waals surface area contributed by atoms with E-state index in [2.05, 4.69) is 6.07 Å². The van der Waals surface area contributed by atoms with Crippen molar-refractivity contribution in [2.45, 2.75) is 18.8 Å². The van der Waals surface area contributed by atoms with Gasteiger partial charge in [-0.25, -0.2) is 4.39 Å². The average Bonchev–Trinajstić information content (AvgIpc) is 2.49. The summed E-state index contributed by atoms with van der Waals surface area (Å²) >= 11 is 5.86. The SMILES string of the molecule is N#CC(CCCOc1cccc(Cl)c1)c1ccccc1F. The van der Waals surface area contributed by atoms with Gasteiger partial charge in [0.1, 0.15) is 11.6 Å². The van der Waals surface area contributed by atoms with Crippen LogP contribution in [0.1, 0.15) is 24.3 Å².